The standard InChI is InChI=1S/C14H15BrN2O2/c15-11-7-10-6-9(14(18)19)3-4-12-2-1-5-17(12)13(10)16-8-11/h6-8,12H,1-5H2,(H,18,19)/b9-6+/t12-/m0/s1. The Balaban J connectivity index is 2.12. The van der Waals surface area contributed by atoms with Gasteiger partial charge >= 0.3 is 5.97 Å². The van der Waals surface area contributed by atoms with Crippen LogP contribution in [0.5, 0.6) is 0 Å². The van der Waals surface area contributed by atoms with Crippen LogP contribution in [0.4, 0.5) is 5.82 Å². The molecule has 0 aromatic carbocycles. The minimum absolute atomic E-state index is 0.426. The van der Waals surface area contributed by atoms with Gasteiger partial charge in [-0.3, -0.25) is 0 Å². The van der Waals surface area contributed by atoms with E-state index in [0.717, 1.165) is 41.7 Å². The van der Waals surface area contributed by atoms with Gasteiger partial charge in [-0.15, -0.1) is 0 Å². The van der Waals surface area contributed by atoms with Crippen LogP contribution in [0, 0.1) is 0 Å². The average molecular weight is 323 g/mol. The predicted molar refractivity (Wildman–Crippen MR) is 77.2 cm³/mol. The van der Waals surface area contributed by atoms with E-state index in [1.165, 1.54) is 0 Å². The number of nitrogens with zero attached hydrogens (tertiary/aromatic N) is 2. The van der Waals surface area contributed by atoms with Crippen molar-refractivity contribution in [2.75, 3.05) is 11.4 Å². The zero-order valence-electron chi connectivity index (χ0n) is 10.5. The van der Waals surface area contributed by atoms with Gasteiger partial charge in [0.25, 0.3) is 0 Å². The zero-order valence-corrected chi connectivity index (χ0v) is 12.1. The lowest BCUT2D eigenvalue weighted by atomic mass is 9.99. The maximum absolute atomic E-state index is 11.3. The van der Waals surface area contributed by atoms with Crippen LogP contribution in [-0.4, -0.2) is 28.6 Å². The first kappa shape index (κ1) is 12.7. The van der Waals surface area contributed by atoms with Gasteiger partial charge in [-0.2, -0.15) is 0 Å². The first-order chi connectivity index (χ1) is 9.15. The second-order valence-corrected chi connectivity index (χ2v) is 5.98. The van der Waals surface area contributed by atoms with Crippen molar-refractivity contribution in [1.29, 1.82) is 0 Å². The molecule has 0 aliphatic carbocycles. The number of fused-ring (bicyclic) bond motifs is 3. The first-order valence-corrected chi connectivity index (χ1v) is 7.30. The van der Waals surface area contributed by atoms with Crippen LogP contribution >= 0.6 is 15.9 Å². The van der Waals surface area contributed by atoms with Crippen LogP contribution in [0.3, 0.4) is 0 Å². The molecule has 100 valence electrons. The molecule has 1 saturated heterocycles. The highest BCUT2D eigenvalue weighted by molar-refractivity contribution is 9.10. The van der Waals surface area contributed by atoms with Crippen molar-refractivity contribution in [1.82, 2.24) is 4.98 Å². The molecule has 1 atom stereocenters. The number of halogens is 1. The van der Waals surface area contributed by atoms with Crippen LogP contribution in [0.25, 0.3) is 6.08 Å². The number of carbonyl (C=O) groups is 1. The van der Waals surface area contributed by atoms with Crippen molar-refractivity contribution < 1.29 is 9.90 Å². The Morgan fingerprint density at radius 2 is 2.32 bits per heavy atom. The molecule has 1 aromatic heterocycles. The van der Waals surface area contributed by atoms with Crippen LogP contribution in [0.15, 0.2) is 22.3 Å². The summed E-state index contributed by atoms with van der Waals surface area (Å²) in [5.74, 6) is 0.0986. The maximum atomic E-state index is 11.3. The Morgan fingerprint density at radius 3 is 3.11 bits per heavy atom. The van der Waals surface area contributed by atoms with E-state index in [1.54, 1.807) is 12.3 Å². The third kappa shape index (κ3) is 2.39. The Kier molecular flexibility index (Phi) is 3.31. The molecule has 1 N–H and O–H groups in total. The number of hydrogen-bond acceptors (Lipinski definition) is 3. The zero-order chi connectivity index (χ0) is 13.4. The lowest BCUT2D eigenvalue weighted by molar-refractivity contribution is -0.132. The van der Waals surface area contributed by atoms with E-state index >= 15 is 0 Å². The minimum Gasteiger partial charge on any atom is -0.478 e. The van der Waals surface area contributed by atoms with Gasteiger partial charge in [0.1, 0.15) is 5.82 Å². The summed E-state index contributed by atoms with van der Waals surface area (Å²) in [5.41, 5.74) is 1.38. The monoisotopic (exact) mass is 322 g/mol. The van der Waals surface area contributed by atoms with E-state index in [2.05, 4.69) is 25.8 Å². The number of carboxylic acids is 1. The first-order valence-electron chi connectivity index (χ1n) is 6.51. The molecular formula is C14H15BrN2O2. The largest absolute Gasteiger partial charge is 0.478 e. The van der Waals surface area contributed by atoms with Crippen molar-refractivity contribution in [3.63, 3.8) is 0 Å². The molecular weight excluding hydrogens is 308 g/mol. The van der Waals surface area contributed by atoms with Gasteiger partial charge in [0.2, 0.25) is 0 Å². The lowest BCUT2D eigenvalue weighted by Crippen LogP contribution is -2.31. The lowest BCUT2D eigenvalue weighted by Gasteiger charge is -2.29. The summed E-state index contributed by atoms with van der Waals surface area (Å²) in [4.78, 5) is 18.1. The number of aromatic nitrogens is 1. The Labute approximate surface area is 120 Å². The summed E-state index contributed by atoms with van der Waals surface area (Å²) in [6, 6.07) is 2.38. The van der Waals surface area contributed by atoms with Gasteiger partial charge < -0.3 is 10.0 Å². The van der Waals surface area contributed by atoms with Gasteiger partial charge in [0, 0.05) is 34.4 Å². The van der Waals surface area contributed by atoms with Gasteiger partial charge in [-0.1, -0.05) is 0 Å². The predicted octanol–water partition coefficient (Wildman–Crippen LogP) is 3.07. The summed E-state index contributed by atoms with van der Waals surface area (Å²) in [7, 11) is 0. The van der Waals surface area contributed by atoms with E-state index in [1.807, 2.05) is 6.07 Å². The van der Waals surface area contributed by atoms with Crippen molar-refractivity contribution in [3.05, 3.63) is 27.9 Å². The molecule has 2 aliphatic rings. The molecule has 0 spiro atoms. The van der Waals surface area contributed by atoms with Gasteiger partial charge in [0.05, 0.1) is 0 Å². The highest BCUT2D eigenvalue weighted by atomic mass is 79.9. The molecule has 1 aromatic rings. The van der Waals surface area contributed by atoms with Gasteiger partial charge in [0.15, 0.2) is 0 Å². The van der Waals surface area contributed by atoms with Crippen molar-refractivity contribution in [2.45, 2.75) is 31.7 Å². The topological polar surface area (TPSA) is 53.4 Å². The van der Waals surface area contributed by atoms with Crippen LogP contribution in [0.1, 0.15) is 31.2 Å². The van der Waals surface area contributed by atoms with Gasteiger partial charge in [-0.25, -0.2) is 9.78 Å². The minimum atomic E-state index is -0.822. The second kappa shape index (κ2) is 4.96. The number of hydrogen-bond donors (Lipinski definition) is 1. The molecule has 3 heterocycles. The van der Waals surface area contributed by atoms with Crippen LogP contribution in [-0.2, 0) is 4.79 Å². The summed E-state index contributed by atoms with van der Waals surface area (Å²) in [6.07, 6.45) is 7.36. The SMILES string of the molecule is O=C(O)/C1=C/c2cc(Br)cnc2N2CCC[C@H]2CC1. The van der Waals surface area contributed by atoms with E-state index in [-0.39, 0.29) is 0 Å². The molecule has 2 aliphatic heterocycles. The van der Waals surface area contributed by atoms with Crippen molar-refractivity contribution in [2.24, 2.45) is 0 Å². The van der Waals surface area contributed by atoms with E-state index in [9.17, 15) is 9.90 Å². The van der Waals surface area contributed by atoms with Gasteiger partial charge in [-0.05, 0) is 53.8 Å². The fourth-order valence-corrected chi connectivity index (χ4v) is 3.31. The molecule has 0 radical (unpaired) electrons. The number of carboxylic acid groups (broad SMARTS) is 1. The number of pyridine rings is 1. The normalized spacial score (nSPS) is 24.8. The number of aliphatic carboxylic acids is 1. The van der Waals surface area contributed by atoms with E-state index in [4.69, 9.17) is 0 Å². The highest BCUT2D eigenvalue weighted by Crippen LogP contribution is 2.34. The molecule has 1 fully saturated rings. The fourth-order valence-electron chi connectivity index (χ4n) is 2.96. The third-order valence-corrected chi connectivity index (χ3v) is 4.30. The van der Waals surface area contributed by atoms with Crippen LogP contribution in [0.2, 0.25) is 0 Å². The summed E-state index contributed by atoms with van der Waals surface area (Å²) >= 11 is 3.41. The van der Waals surface area contributed by atoms with Crippen molar-refractivity contribution >= 4 is 33.8 Å². The van der Waals surface area contributed by atoms with Crippen molar-refractivity contribution in [3.8, 4) is 0 Å². The van der Waals surface area contributed by atoms with E-state index in [0.29, 0.717) is 18.0 Å². The highest BCUT2D eigenvalue weighted by Gasteiger charge is 2.29. The summed E-state index contributed by atoms with van der Waals surface area (Å²) < 4.78 is 0.878. The average Bonchev–Trinajstić information content (AvgIpc) is 2.79. The quantitative estimate of drug-likeness (QED) is 0.863. The molecule has 0 amide bonds. The summed E-state index contributed by atoms with van der Waals surface area (Å²) in [5, 5.41) is 9.28. The molecule has 19 heavy (non-hydrogen) atoms. The molecule has 0 saturated carbocycles. The molecule has 0 unspecified atom stereocenters. The van der Waals surface area contributed by atoms with E-state index < -0.39 is 5.97 Å². The molecule has 5 heteroatoms. The summed E-state index contributed by atoms with van der Waals surface area (Å²) in [6.45, 7) is 1.02. The Bertz CT molecular complexity index is 556. The maximum Gasteiger partial charge on any atom is 0.331 e. The Morgan fingerprint density at radius 1 is 1.47 bits per heavy atom. The Hall–Kier alpha value is -1.36. The fraction of sp³-hybridized carbons (Fsp3) is 0.429. The number of anilines is 1. The molecule has 3 rings (SSSR count). The second-order valence-electron chi connectivity index (χ2n) is 5.07. The molecule has 0 bridgehead atoms. The molecule has 4 nitrogen and oxygen atoms in total. The van der Waals surface area contributed by atoms with Crippen LogP contribution < -0.4 is 4.90 Å². The smallest absolute Gasteiger partial charge is 0.331 e. The number of rotatable bonds is 1. The third-order valence-electron chi connectivity index (χ3n) is 3.86.